The van der Waals surface area contributed by atoms with E-state index >= 15 is 0 Å². The molecule has 0 aliphatic carbocycles. The van der Waals surface area contributed by atoms with Gasteiger partial charge in [0.25, 0.3) is 11.8 Å². The molecule has 11 heteroatoms. The minimum absolute atomic E-state index is 0.0613. The number of aliphatic hydroxyl groups is 2. The van der Waals surface area contributed by atoms with E-state index < -0.39 is 42.1 Å². The maximum absolute atomic E-state index is 13.8. The van der Waals surface area contributed by atoms with Crippen molar-refractivity contribution in [1.29, 1.82) is 0 Å². The van der Waals surface area contributed by atoms with Gasteiger partial charge in [-0.2, -0.15) is 0 Å². The highest BCUT2D eigenvalue weighted by molar-refractivity contribution is 5.98. The van der Waals surface area contributed by atoms with Crippen molar-refractivity contribution >= 4 is 28.6 Å². The Morgan fingerprint density at radius 3 is 2.00 bits per heavy atom. The fraction of sp³-hybridized carbons (Fsp3) is 0.286. The number of hydrogen-bond acceptors (Lipinski definition) is 7. The Morgan fingerprint density at radius 1 is 0.755 bits per heavy atom. The number of H-pyrrole nitrogens is 1. The molecule has 0 saturated heterocycles. The molecule has 0 saturated carbocycles. The molecule has 1 aromatic heterocycles. The minimum atomic E-state index is -1.43. The number of amides is 3. The van der Waals surface area contributed by atoms with Crippen LogP contribution in [0.15, 0.2) is 114 Å². The van der Waals surface area contributed by atoms with E-state index in [9.17, 15) is 29.4 Å². The highest BCUT2D eigenvalue weighted by Gasteiger charge is 2.32. The van der Waals surface area contributed by atoms with Gasteiger partial charge in [-0.1, -0.05) is 91.0 Å². The molecular formula is C42H46N4O7. The second-order valence-corrected chi connectivity index (χ2v) is 13.4. The summed E-state index contributed by atoms with van der Waals surface area (Å²) in [5.74, 6) is -1.22. The first-order valence-corrected chi connectivity index (χ1v) is 17.6. The number of carbonyl (C=O) groups is 3. The third-order valence-corrected chi connectivity index (χ3v) is 9.10. The second kappa shape index (κ2) is 18.1. The van der Waals surface area contributed by atoms with Crippen molar-refractivity contribution in [3.05, 3.63) is 147 Å². The second-order valence-electron chi connectivity index (χ2n) is 13.4. The van der Waals surface area contributed by atoms with Gasteiger partial charge in [-0.3, -0.25) is 19.2 Å². The van der Waals surface area contributed by atoms with Crippen LogP contribution in [0.1, 0.15) is 46.1 Å². The number of aryl methyl sites for hydroxylation is 2. The number of benzene rings is 4. The molecule has 5 atom stereocenters. The predicted molar refractivity (Wildman–Crippen MR) is 204 cm³/mol. The van der Waals surface area contributed by atoms with Gasteiger partial charge in [-0.05, 0) is 74.4 Å². The number of fused-ring (bicyclic) bond motifs is 1. The van der Waals surface area contributed by atoms with Gasteiger partial charge < -0.3 is 35.9 Å². The van der Waals surface area contributed by atoms with Crippen LogP contribution in [0, 0.1) is 13.8 Å². The first kappa shape index (κ1) is 38.5. The molecule has 0 fully saturated rings. The van der Waals surface area contributed by atoms with Gasteiger partial charge in [0.1, 0.15) is 17.5 Å². The third kappa shape index (κ3) is 10.6. The summed E-state index contributed by atoms with van der Waals surface area (Å²) >= 11 is 0. The van der Waals surface area contributed by atoms with Crippen molar-refractivity contribution < 1.29 is 29.3 Å². The minimum Gasteiger partial charge on any atom is -0.483 e. The van der Waals surface area contributed by atoms with Crippen LogP contribution >= 0.6 is 0 Å². The standard InChI is InChI=1S/C42H46N4O7/c1-26-13-12-14-27(2)40(26)53-25-38(50)43-31(21-29-15-6-4-7-16-29)23-37(49)34(22-30-17-8-5-9-18-30)45-42(52)39(28(3)47)46-41(51)35-24-36(48)32-19-10-11-20-33(32)44-35/h4-20,24,28,31,34,37,39,47,49H,21-23,25H2,1-3H3,(H,43,50)(H,44,48)(H,45,52)(H,46,51)/t28?,31-,34-,37+,39+/m0/s1. The number of aromatic amines is 1. The van der Waals surface area contributed by atoms with Gasteiger partial charge >= 0.3 is 0 Å². The topological polar surface area (TPSA) is 170 Å². The Labute approximate surface area is 308 Å². The van der Waals surface area contributed by atoms with E-state index in [1.807, 2.05) is 92.7 Å². The van der Waals surface area contributed by atoms with Gasteiger partial charge in [0.2, 0.25) is 5.91 Å². The molecule has 4 aromatic carbocycles. The van der Waals surface area contributed by atoms with E-state index in [4.69, 9.17) is 4.74 Å². The largest absolute Gasteiger partial charge is 0.483 e. The summed E-state index contributed by atoms with van der Waals surface area (Å²) in [4.78, 5) is 55.9. The SMILES string of the molecule is Cc1cccc(C)c1OCC(=O)N[C@@H](Cc1ccccc1)C[C@@H](O)[C@H](Cc1ccccc1)NC(=O)[C@H](NC(=O)c1cc(=O)c2ccccc2[nH]1)C(C)O. The van der Waals surface area contributed by atoms with Crippen LogP contribution in [0.3, 0.4) is 0 Å². The average molecular weight is 719 g/mol. The Balaban J connectivity index is 1.33. The van der Waals surface area contributed by atoms with Gasteiger partial charge in [-0.25, -0.2) is 0 Å². The number of para-hydroxylation sites is 2. The van der Waals surface area contributed by atoms with E-state index in [-0.39, 0.29) is 36.5 Å². The third-order valence-electron chi connectivity index (χ3n) is 9.10. The summed E-state index contributed by atoms with van der Waals surface area (Å²) in [6, 6.07) is 29.6. The molecule has 0 aliphatic rings. The van der Waals surface area contributed by atoms with Crippen LogP contribution in [-0.2, 0) is 22.4 Å². The summed E-state index contributed by atoms with van der Waals surface area (Å²) in [6.45, 7) is 4.96. The molecule has 53 heavy (non-hydrogen) atoms. The van der Waals surface area contributed by atoms with E-state index in [0.29, 0.717) is 23.1 Å². The van der Waals surface area contributed by atoms with Crippen molar-refractivity contribution in [2.75, 3.05) is 6.61 Å². The molecule has 0 radical (unpaired) electrons. The lowest BCUT2D eigenvalue weighted by atomic mass is 9.93. The Bertz CT molecular complexity index is 2050. The average Bonchev–Trinajstić information content (AvgIpc) is 3.13. The fourth-order valence-electron chi connectivity index (χ4n) is 6.35. The van der Waals surface area contributed by atoms with Crippen LogP contribution < -0.4 is 26.1 Å². The molecule has 5 rings (SSSR count). The van der Waals surface area contributed by atoms with Gasteiger partial charge in [0.05, 0.1) is 18.2 Å². The normalized spacial score (nSPS) is 14.0. The maximum atomic E-state index is 13.8. The first-order valence-electron chi connectivity index (χ1n) is 17.6. The molecule has 6 N–H and O–H groups in total. The molecule has 1 unspecified atom stereocenters. The molecule has 5 aromatic rings. The van der Waals surface area contributed by atoms with Crippen LogP contribution in [0.2, 0.25) is 0 Å². The monoisotopic (exact) mass is 718 g/mol. The zero-order valence-corrected chi connectivity index (χ0v) is 30.0. The van der Waals surface area contributed by atoms with Crippen molar-refractivity contribution in [3.8, 4) is 5.75 Å². The zero-order valence-electron chi connectivity index (χ0n) is 30.0. The number of ether oxygens (including phenoxy) is 1. The maximum Gasteiger partial charge on any atom is 0.268 e. The highest BCUT2D eigenvalue weighted by atomic mass is 16.5. The summed E-state index contributed by atoms with van der Waals surface area (Å²) in [5, 5.41) is 31.3. The van der Waals surface area contributed by atoms with Gasteiger partial charge in [0.15, 0.2) is 12.0 Å². The van der Waals surface area contributed by atoms with Gasteiger partial charge in [0, 0.05) is 23.0 Å². The van der Waals surface area contributed by atoms with Crippen LogP contribution in [-0.4, -0.2) is 69.9 Å². The number of hydrogen-bond donors (Lipinski definition) is 6. The Morgan fingerprint density at radius 2 is 1.36 bits per heavy atom. The molecule has 0 spiro atoms. The van der Waals surface area contributed by atoms with E-state index in [2.05, 4.69) is 20.9 Å². The van der Waals surface area contributed by atoms with Crippen molar-refractivity contribution in [2.45, 2.75) is 70.4 Å². The van der Waals surface area contributed by atoms with Crippen molar-refractivity contribution in [2.24, 2.45) is 0 Å². The molecule has 0 bridgehead atoms. The van der Waals surface area contributed by atoms with Crippen molar-refractivity contribution in [3.63, 3.8) is 0 Å². The van der Waals surface area contributed by atoms with E-state index in [0.717, 1.165) is 28.3 Å². The predicted octanol–water partition coefficient (Wildman–Crippen LogP) is 3.91. The van der Waals surface area contributed by atoms with Gasteiger partial charge in [-0.15, -0.1) is 0 Å². The quantitative estimate of drug-likeness (QED) is 0.0899. The number of carbonyl (C=O) groups excluding carboxylic acids is 3. The highest BCUT2D eigenvalue weighted by Crippen LogP contribution is 2.22. The molecule has 11 nitrogen and oxygen atoms in total. The van der Waals surface area contributed by atoms with Crippen LogP contribution in [0.5, 0.6) is 5.75 Å². The molecule has 0 aliphatic heterocycles. The number of rotatable bonds is 16. The van der Waals surface area contributed by atoms with E-state index in [1.165, 1.54) is 6.92 Å². The number of pyridine rings is 1. The van der Waals surface area contributed by atoms with Crippen molar-refractivity contribution in [1.82, 2.24) is 20.9 Å². The number of aromatic nitrogens is 1. The molecule has 3 amide bonds. The number of aliphatic hydroxyl groups excluding tert-OH is 2. The summed E-state index contributed by atoms with van der Waals surface area (Å²) < 4.78 is 5.90. The Kier molecular flexibility index (Phi) is 13.1. The van der Waals surface area contributed by atoms with Crippen LogP contribution in [0.4, 0.5) is 0 Å². The lowest BCUT2D eigenvalue weighted by Gasteiger charge is -2.30. The summed E-state index contributed by atoms with van der Waals surface area (Å²) in [7, 11) is 0. The lowest BCUT2D eigenvalue weighted by molar-refractivity contribution is -0.127. The summed E-state index contributed by atoms with van der Waals surface area (Å²) in [5.41, 5.74) is 3.58. The summed E-state index contributed by atoms with van der Waals surface area (Å²) in [6.07, 6.45) is -1.83. The van der Waals surface area contributed by atoms with E-state index in [1.54, 1.807) is 24.3 Å². The fourth-order valence-corrected chi connectivity index (χ4v) is 6.35. The van der Waals surface area contributed by atoms with Crippen LogP contribution in [0.25, 0.3) is 10.9 Å². The molecule has 1 heterocycles. The lowest BCUT2D eigenvalue weighted by Crippen LogP contribution is -2.57. The Hall–Kier alpha value is -5.78. The number of nitrogens with one attached hydrogen (secondary N) is 4. The molecular weight excluding hydrogens is 672 g/mol. The first-order chi connectivity index (χ1) is 25.5. The zero-order chi connectivity index (χ0) is 37.9. The molecule has 276 valence electrons. The smallest absolute Gasteiger partial charge is 0.268 e.